The summed E-state index contributed by atoms with van der Waals surface area (Å²) >= 11 is 0. The SMILES string of the molecule is CC(C)Cc1ccc(CN2CC[C@H](N3CCOCC3)[C@H](CCCO)C2)cc1. The van der Waals surface area contributed by atoms with E-state index in [1.807, 2.05) is 0 Å². The molecule has 0 aliphatic carbocycles. The molecule has 2 atom stereocenters. The van der Waals surface area contributed by atoms with E-state index in [9.17, 15) is 5.11 Å². The molecule has 1 aromatic rings. The van der Waals surface area contributed by atoms with Gasteiger partial charge in [0.1, 0.15) is 0 Å². The Balaban J connectivity index is 1.57. The van der Waals surface area contributed by atoms with Gasteiger partial charge in [-0.25, -0.2) is 0 Å². The van der Waals surface area contributed by atoms with Crippen molar-refractivity contribution < 1.29 is 9.84 Å². The van der Waals surface area contributed by atoms with Gasteiger partial charge in [-0.15, -0.1) is 0 Å². The van der Waals surface area contributed by atoms with Crippen LogP contribution >= 0.6 is 0 Å². The molecule has 2 aliphatic rings. The van der Waals surface area contributed by atoms with Crippen molar-refractivity contribution >= 4 is 0 Å². The highest BCUT2D eigenvalue weighted by Gasteiger charge is 2.33. The van der Waals surface area contributed by atoms with Gasteiger partial charge in [-0.3, -0.25) is 9.80 Å². The number of hydrogen-bond acceptors (Lipinski definition) is 4. The Bertz CT molecular complexity index is 540. The van der Waals surface area contributed by atoms with Gasteiger partial charge in [-0.2, -0.15) is 0 Å². The molecule has 152 valence electrons. The van der Waals surface area contributed by atoms with Crippen molar-refractivity contribution in [3.63, 3.8) is 0 Å². The van der Waals surface area contributed by atoms with Gasteiger partial charge >= 0.3 is 0 Å². The van der Waals surface area contributed by atoms with Crippen LogP contribution in [0.2, 0.25) is 0 Å². The topological polar surface area (TPSA) is 35.9 Å². The molecule has 0 saturated carbocycles. The van der Waals surface area contributed by atoms with E-state index < -0.39 is 0 Å². The number of morpholine rings is 1. The first-order valence-electron chi connectivity index (χ1n) is 10.9. The van der Waals surface area contributed by atoms with E-state index in [4.69, 9.17) is 4.74 Å². The largest absolute Gasteiger partial charge is 0.396 e. The number of rotatable bonds is 8. The van der Waals surface area contributed by atoms with E-state index in [1.54, 1.807) is 0 Å². The Kier molecular flexibility index (Phi) is 8.13. The molecule has 2 fully saturated rings. The summed E-state index contributed by atoms with van der Waals surface area (Å²) in [4.78, 5) is 5.26. The fourth-order valence-corrected chi connectivity index (χ4v) is 4.78. The van der Waals surface area contributed by atoms with Crippen LogP contribution in [0.1, 0.15) is 44.2 Å². The van der Waals surface area contributed by atoms with Crippen molar-refractivity contribution in [1.29, 1.82) is 0 Å². The number of aliphatic hydroxyl groups excluding tert-OH is 1. The second kappa shape index (κ2) is 10.6. The third-order valence-corrected chi connectivity index (χ3v) is 6.10. The first-order valence-corrected chi connectivity index (χ1v) is 10.9. The second-order valence-electron chi connectivity index (χ2n) is 8.78. The average molecular weight is 375 g/mol. The van der Waals surface area contributed by atoms with Gasteiger partial charge < -0.3 is 9.84 Å². The van der Waals surface area contributed by atoms with Crippen LogP contribution in [0, 0.1) is 11.8 Å². The van der Waals surface area contributed by atoms with Crippen LogP contribution < -0.4 is 0 Å². The van der Waals surface area contributed by atoms with Crippen LogP contribution in [0.25, 0.3) is 0 Å². The Morgan fingerprint density at radius 1 is 1.07 bits per heavy atom. The molecule has 1 aromatic carbocycles. The summed E-state index contributed by atoms with van der Waals surface area (Å²) in [6.45, 7) is 12.1. The van der Waals surface area contributed by atoms with E-state index in [0.717, 1.165) is 58.7 Å². The summed E-state index contributed by atoms with van der Waals surface area (Å²) in [6, 6.07) is 9.89. The molecule has 3 rings (SSSR count). The first-order chi connectivity index (χ1) is 13.2. The Morgan fingerprint density at radius 3 is 2.44 bits per heavy atom. The smallest absolute Gasteiger partial charge is 0.0594 e. The maximum Gasteiger partial charge on any atom is 0.0594 e. The highest BCUT2D eigenvalue weighted by molar-refractivity contribution is 5.23. The van der Waals surface area contributed by atoms with Crippen molar-refractivity contribution in [3.8, 4) is 0 Å². The van der Waals surface area contributed by atoms with Crippen molar-refractivity contribution in [2.45, 2.75) is 52.1 Å². The van der Waals surface area contributed by atoms with Crippen molar-refractivity contribution in [3.05, 3.63) is 35.4 Å². The number of aliphatic hydroxyl groups is 1. The minimum absolute atomic E-state index is 0.309. The fourth-order valence-electron chi connectivity index (χ4n) is 4.78. The van der Waals surface area contributed by atoms with Gasteiger partial charge in [0.25, 0.3) is 0 Å². The number of hydrogen-bond donors (Lipinski definition) is 1. The number of likely N-dealkylation sites (tertiary alicyclic amines) is 1. The molecular formula is C23H38N2O2. The number of benzene rings is 1. The molecule has 2 heterocycles. The second-order valence-corrected chi connectivity index (χ2v) is 8.78. The maximum absolute atomic E-state index is 9.34. The van der Waals surface area contributed by atoms with Gasteiger partial charge in [0, 0.05) is 38.8 Å². The van der Waals surface area contributed by atoms with E-state index in [-0.39, 0.29) is 0 Å². The average Bonchev–Trinajstić information content (AvgIpc) is 2.68. The van der Waals surface area contributed by atoms with Gasteiger partial charge in [0.2, 0.25) is 0 Å². The molecule has 0 aromatic heterocycles. The zero-order valence-electron chi connectivity index (χ0n) is 17.3. The highest BCUT2D eigenvalue weighted by Crippen LogP contribution is 2.28. The fraction of sp³-hybridized carbons (Fsp3) is 0.739. The molecule has 2 aliphatic heterocycles. The van der Waals surface area contributed by atoms with Crippen LogP contribution in [0.5, 0.6) is 0 Å². The Morgan fingerprint density at radius 2 is 1.78 bits per heavy atom. The molecular weight excluding hydrogens is 336 g/mol. The predicted octanol–water partition coefficient (Wildman–Crippen LogP) is 3.18. The van der Waals surface area contributed by atoms with E-state index >= 15 is 0 Å². The number of ether oxygens (including phenoxy) is 1. The predicted molar refractivity (Wildman–Crippen MR) is 111 cm³/mol. The van der Waals surface area contributed by atoms with E-state index in [0.29, 0.717) is 24.5 Å². The molecule has 4 nitrogen and oxygen atoms in total. The van der Waals surface area contributed by atoms with Crippen LogP contribution in [0.4, 0.5) is 0 Å². The van der Waals surface area contributed by atoms with Crippen molar-refractivity contribution in [2.24, 2.45) is 11.8 Å². The molecule has 0 bridgehead atoms. The molecule has 4 heteroatoms. The summed E-state index contributed by atoms with van der Waals surface area (Å²) < 4.78 is 5.55. The maximum atomic E-state index is 9.34. The minimum Gasteiger partial charge on any atom is -0.396 e. The zero-order valence-corrected chi connectivity index (χ0v) is 17.3. The third kappa shape index (κ3) is 6.28. The standard InChI is InChI=1S/C23H38N2O2/c1-19(2)16-20-5-7-21(8-6-20)17-24-10-9-23(22(18-24)4-3-13-26)25-11-14-27-15-12-25/h5-8,19,22-23,26H,3-4,9-18H2,1-2H3/t22-,23+/m1/s1. The summed E-state index contributed by atoms with van der Waals surface area (Å²) in [5.41, 5.74) is 2.87. The Hall–Kier alpha value is -0.940. The summed E-state index contributed by atoms with van der Waals surface area (Å²) in [5, 5.41) is 9.34. The Labute approximate surface area is 165 Å². The van der Waals surface area contributed by atoms with Crippen molar-refractivity contribution in [1.82, 2.24) is 9.80 Å². The molecule has 27 heavy (non-hydrogen) atoms. The number of nitrogens with zero attached hydrogens (tertiary/aromatic N) is 2. The molecule has 0 amide bonds. The summed E-state index contributed by atoms with van der Waals surface area (Å²) in [6.07, 6.45) is 4.45. The quantitative estimate of drug-likeness (QED) is 0.758. The highest BCUT2D eigenvalue weighted by atomic mass is 16.5. The monoisotopic (exact) mass is 374 g/mol. The first kappa shape index (κ1) is 20.8. The lowest BCUT2D eigenvalue weighted by molar-refractivity contribution is -0.0231. The minimum atomic E-state index is 0.309. The lowest BCUT2D eigenvalue weighted by atomic mass is 9.86. The van der Waals surface area contributed by atoms with E-state index in [1.165, 1.54) is 24.1 Å². The van der Waals surface area contributed by atoms with Crippen LogP contribution in [-0.4, -0.2) is 66.9 Å². The molecule has 0 radical (unpaired) electrons. The van der Waals surface area contributed by atoms with Crippen molar-refractivity contribution in [2.75, 3.05) is 46.0 Å². The van der Waals surface area contributed by atoms with E-state index in [2.05, 4.69) is 47.9 Å². The zero-order chi connectivity index (χ0) is 19.1. The third-order valence-electron chi connectivity index (χ3n) is 6.10. The molecule has 2 saturated heterocycles. The van der Waals surface area contributed by atoms with Crippen LogP contribution in [-0.2, 0) is 17.7 Å². The van der Waals surface area contributed by atoms with Gasteiger partial charge in [-0.05, 0) is 55.2 Å². The normalized spacial score (nSPS) is 25.2. The van der Waals surface area contributed by atoms with Gasteiger partial charge in [0.15, 0.2) is 0 Å². The molecule has 1 N–H and O–H groups in total. The molecule has 0 spiro atoms. The van der Waals surface area contributed by atoms with Crippen LogP contribution in [0.15, 0.2) is 24.3 Å². The number of piperidine rings is 1. The van der Waals surface area contributed by atoms with Gasteiger partial charge in [0.05, 0.1) is 13.2 Å². The molecule has 0 unspecified atom stereocenters. The summed E-state index contributed by atoms with van der Waals surface area (Å²) in [5.74, 6) is 1.37. The van der Waals surface area contributed by atoms with Crippen LogP contribution in [0.3, 0.4) is 0 Å². The lowest BCUT2D eigenvalue weighted by Crippen LogP contribution is -2.53. The summed E-state index contributed by atoms with van der Waals surface area (Å²) in [7, 11) is 0. The van der Waals surface area contributed by atoms with Gasteiger partial charge in [-0.1, -0.05) is 38.1 Å². The lowest BCUT2D eigenvalue weighted by Gasteiger charge is -2.45.